The van der Waals surface area contributed by atoms with Gasteiger partial charge in [0.1, 0.15) is 29.4 Å². The number of aromatic nitrogens is 3. The van der Waals surface area contributed by atoms with Crippen molar-refractivity contribution in [2.45, 2.75) is 17.9 Å². The van der Waals surface area contributed by atoms with E-state index in [1.165, 1.54) is 24.3 Å². The van der Waals surface area contributed by atoms with Crippen molar-refractivity contribution in [2.75, 3.05) is 5.32 Å². The molecule has 1 atom stereocenters. The number of benzene rings is 1. The minimum absolute atomic E-state index is 0.227. The highest BCUT2D eigenvalue weighted by Gasteiger charge is 2.20. The first-order chi connectivity index (χ1) is 9.79. The highest BCUT2D eigenvalue weighted by Crippen LogP contribution is 2.22. The molecule has 10 heteroatoms. The van der Waals surface area contributed by atoms with Crippen LogP contribution in [0.3, 0.4) is 0 Å². The summed E-state index contributed by atoms with van der Waals surface area (Å²) < 4.78 is 37.4. The van der Waals surface area contributed by atoms with Crippen molar-refractivity contribution >= 4 is 21.6 Å². The lowest BCUT2D eigenvalue weighted by atomic mass is 10.2. The van der Waals surface area contributed by atoms with Crippen LogP contribution < -0.4 is 10.5 Å². The van der Waals surface area contributed by atoms with Gasteiger partial charge in [-0.1, -0.05) is 0 Å². The third-order valence-corrected chi connectivity index (χ3v) is 3.69. The number of hydrogen-bond donors (Lipinski definition) is 2. The number of primary sulfonamides is 1. The van der Waals surface area contributed by atoms with Gasteiger partial charge in [0, 0.05) is 0 Å². The summed E-state index contributed by atoms with van der Waals surface area (Å²) in [4.78, 5) is 15.4. The lowest BCUT2D eigenvalue weighted by molar-refractivity contribution is -0.119. The molecular formula is C11H12FN5O3S. The second-order valence-electron chi connectivity index (χ2n) is 4.23. The third kappa shape index (κ3) is 3.41. The van der Waals surface area contributed by atoms with Gasteiger partial charge >= 0.3 is 0 Å². The average Bonchev–Trinajstić information content (AvgIpc) is 2.90. The maximum absolute atomic E-state index is 13.2. The van der Waals surface area contributed by atoms with E-state index in [0.717, 1.165) is 18.2 Å². The van der Waals surface area contributed by atoms with Crippen LogP contribution in [0.1, 0.15) is 13.0 Å². The molecule has 1 unspecified atom stereocenters. The van der Waals surface area contributed by atoms with Crippen LogP contribution >= 0.6 is 0 Å². The lowest BCUT2D eigenvalue weighted by Crippen LogP contribution is -2.25. The SMILES string of the molecule is CC(C(=O)Nc1cc(F)ccc1S(N)(=O)=O)n1cncn1. The van der Waals surface area contributed by atoms with Gasteiger partial charge < -0.3 is 5.32 Å². The Balaban J connectivity index is 2.31. The van der Waals surface area contributed by atoms with E-state index in [2.05, 4.69) is 15.4 Å². The molecule has 21 heavy (non-hydrogen) atoms. The van der Waals surface area contributed by atoms with E-state index >= 15 is 0 Å². The van der Waals surface area contributed by atoms with Crippen LogP contribution in [-0.4, -0.2) is 29.1 Å². The van der Waals surface area contributed by atoms with Crippen LogP contribution in [-0.2, 0) is 14.8 Å². The van der Waals surface area contributed by atoms with Crippen molar-refractivity contribution in [1.82, 2.24) is 14.8 Å². The zero-order chi connectivity index (χ0) is 15.6. The number of nitrogens with zero attached hydrogens (tertiary/aromatic N) is 3. The Labute approximate surface area is 119 Å². The number of carbonyl (C=O) groups excluding carboxylic acids is 1. The van der Waals surface area contributed by atoms with Crippen molar-refractivity contribution in [3.05, 3.63) is 36.7 Å². The van der Waals surface area contributed by atoms with Crippen LogP contribution in [0.25, 0.3) is 0 Å². The summed E-state index contributed by atoms with van der Waals surface area (Å²) in [5, 5.41) is 11.1. The lowest BCUT2D eigenvalue weighted by Gasteiger charge is -2.14. The molecule has 0 aliphatic heterocycles. The number of amides is 1. The summed E-state index contributed by atoms with van der Waals surface area (Å²) in [6.45, 7) is 1.53. The number of hydrogen-bond acceptors (Lipinski definition) is 5. The molecule has 0 aliphatic rings. The van der Waals surface area contributed by atoms with Crippen molar-refractivity contribution in [3.8, 4) is 0 Å². The first-order valence-electron chi connectivity index (χ1n) is 5.76. The number of rotatable bonds is 4. The standard InChI is InChI=1S/C11H12FN5O3S/c1-7(17-6-14-5-15-17)11(18)16-9-4-8(12)2-3-10(9)21(13,19)20/h2-7H,1H3,(H,16,18)(H2,13,19,20). The minimum Gasteiger partial charge on any atom is -0.323 e. The number of nitrogens with one attached hydrogen (secondary N) is 1. The Morgan fingerprint density at radius 2 is 2.19 bits per heavy atom. The fourth-order valence-electron chi connectivity index (χ4n) is 1.62. The fourth-order valence-corrected chi connectivity index (χ4v) is 2.30. The molecule has 8 nitrogen and oxygen atoms in total. The van der Waals surface area contributed by atoms with Gasteiger partial charge in [-0.05, 0) is 25.1 Å². The molecule has 0 fully saturated rings. The molecule has 2 rings (SSSR count). The molecule has 0 spiro atoms. The molecule has 2 aromatic rings. The summed E-state index contributed by atoms with van der Waals surface area (Å²) >= 11 is 0. The monoisotopic (exact) mass is 313 g/mol. The molecule has 0 radical (unpaired) electrons. The Morgan fingerprint density at radius 3 is 2.76 bits per heavy atom. The number of halogens is 1. The van der Waals surface area contributed by atoms with Gasteiger partial charge in [0.25, 0.3) is 0 Å². The Hall–Kier alpha value is -2.33. The zero-order valence-electron chi connectivity index (χ0n) is 10.9. The highest BCUT2D eigenvalue weighted by atomic mass is 32.2. The smallest absolute Gasteiger partial charge is 0.249 e. The van der Waals surface area contributed by atoms with Gasteiger partial charge in [0.15, 0.2) is 0 Å². The minimum atomic E-state index is -4.09. The van der Waals surface area contributed by atoms with Crippen molar-refractivity contribution in [1.29, 1.82) is 0 Å². The predicted molar refractivity (Wildman–Crippen MR) is 71.1 cm³/mol. The van der Waals surface area contributed by atoms with Crippen LogP contribution in [0.15, 0.2) is 35.7 Å². The van der Waals surface area contributed by atoms with Gasteiger partial charge in [-0.2, -0.15) is 5.10 Å². The molecular weight excluding hydrogens is 301 g/mol. The van der Waals surface area contributed by atoms with Crippen LogP contribution in [0, 0.1) is 5.82 Å². The van der Waals surface area contributed by atoms with E-state index in [-0.39, 0.29) is 10.6 Å². The number of anilines is 1. The van der Waals surface area contributed by atoms with Gasteiger partial charge in [0.05, 0.1) is 5.69 Å². The van der Waals surface area contributed by atoms with Gasteiger partial charge in [-0.3, -0.25) is 4.79 Å². The van der Waals surface area contributed by atoms with E-state index in [4.69, 9.17) is 5.14 Å². The summed E-state index contributed by atoms with van der Waals surface area (Å²) in [6, 6.07) is 2.05. The molecule has 0 saturated heterocycles. The van der Waals surface area contributed by atoms with E-state index < -0.39 is 27.8 Å². The van der Waals surface area contributed by atoms with Crippen LogP contribution in [0.2, 0.25) is 0 Å². The molecule has 0 aliphatic carbocycles. The van der Waals surface area contributed by atoms with E-state index in [1.807, 2.05) is 0 Å². The van der Waals surface area contributed by atoms with Crippen LogP contribution in [0.4, 0.5) is 10.1 Å². The topological polar surface area (TPSA) is 120 Å². The Bertz CT molecular complexity index is 760. The van der Waals surface area contributed by atoms with E-state index in [9.17, 15) is 17.6 Å². The zero-order valence-corrected chi connectivity index (χ0v) is 11.7. The summed E-state index contributed by atoms with van der Waals surface area (Å²) in [6.07, 6.45) is 2.58. The number of sulfonamides is 1. The quantitative estimate of drug-likeness (QED) is 0.839. The van der Waals surface area contributed by atoms with E-state index in [0.29, 0.717) is 0 Å². The normalized spacial score (nSPS) is 12.9. The average molecular weight is 313 g/mol. The van der Waals surface area contributed by atoms with Gasteiger partial charge in [-0.25, -0.2) is 27.6 Å². The summed E-state index contributed by atoms with van der Waals surface area (Å²) in [5.41, 5.74) is -0.227. The number of carbonyl (C=O) groups is 1. The second-order valence-corrected chi connectivity index (χ2v) is 5.76. The maximum atomic E-state index is 13.2. The van der Waals surface area contributed by atoms with Crippen LogP contribution in [0.5, 0.6) is 0 Å². The number of nitrogens with two attached hydrogens (primary N) is 1. The van der Waals surface area contributed by atoms with E-state index in [1.54, 1.807) is 0 Å². The van der Waals surface area contributed by atoms with Gasteiger partial charge in [0.2, 0.25) is 15.9 Å². The molecule has 1 aromatic carbocycles. The third-order valence-electron chi connectivity index (χ3n) is 2.72. The largest absolute Gasteiger partial charge is 0.323 e. The molecule has 1 heterocycles. The molecule has 0 bridgehead atoms. The molecule has 112 valence electrons. The molecule has 0 saturated carbocycles. The summed E-state index contributed by atoms with van der Waals surface area (Å²) in [5.74, 6) is -1.29. The fraction of sp³-hybridized carbons (Fsp3) is 0.182. The van der Waals surface area contributed by atoms with Crippen molar-refractivity contribution in [3.63, 3.8) is 0 Å². The Morgan fingerprint density at radius 1 is 1.48 bits per heavy atom. The Kier molecular flexibility index (Phi) is 4.00. The van der Waals surface area contributed by atoms with Crippen molar-refractivity contribution in [2.24, 2.45) is 5.14 Å². The first-order valence-corrected chi connectivity index (χ1v) is 7.31. The molecule has 1 amide bonds. The molecule has 3 N–H and O–H groups in total. The summed E-state index contributed by atoms with van der Waals surface area (Å²) in [7, 11) is -4.09. The highest BCUT2D eigenvalue weighted by molar-refractivity contribution is 7.89. The maximum Gasteiger partial charge on any atom is 0.249 e. The molecule has 1 aromatic heterocycles. The van der Waals surface area contributed by atoms with Crippen molar-refractivity contribution < 1.29 is 17.6 Å². The first kappa shape index (κ1) is 15.1. The predicted octanol–water partition coefficient (Wildman–Crippen LogP) is 0.264. The second kappa shape index (κ2) is 5.58. The van der Waals surface area contributed by atoms with Gasteiger partial charge in [-0.15, -0.1) is 0 Å².